The summed E-state index contributed by atoms with van der Waals surface area (Å²) in [7, 11) is 0. The monoisotopic (exact) mass is 487 g/mol. The number of carbonyl (C=O) groups is 1. The number of aryl methyl sites for hydroxylation is 1. The Labute approximate surface area is 212 Å². The minimum Gasteiger partial charge on any atom is -0.465 e. The zero-order valence-corrected chi connectivity index (χ0v) is 22.2. The van der Waals surface area contributed by atoms with Gasteiger partial charge in [-0.25, -0.2) is 0 Å². The van der Waals surface area contributed by atoms with Crippen molar-refractivity contribution in [2.45, 2.75) is 104 Å². The first kappa shape index (κ1) is 32.4. The molecular weight excluding hydrogens is 438 g/mol. The lowest BCUT2D eigenvalue weighted by atomic mass is 9.98. The first-order valence-electron chi connectivity index (χ1n) is 13.2. The van der Waals surface area contributed by atoms with E-state index in [1.165, 1.54) is 82.1 Å². The number of benzene rings is 1. The number of nitrogens with one attached hydrogen (secondary N) is 1. The summed E-state index contributed by atoms with van der Waals surface area (Å²) in [5, 5.41) is 2.77. The van der Waals surface area contributed by atoms with Gasteiger partial charge in [0, 0.05) is 18.7 Å². The second-order valence-electron chi connectivity index (χ2n) is 8.63. The molecule has 6 heteroatoms. The molecule has 0 bridgehead atoms. The summed E-state index contributed by atoms with van der Waals surface area (Å²) in [6, 6.07) is 12.1. The van der Waals surface area contributed by atoms with Crippen LogP contribution in [0.25, 0.3) is 6.08 Å². The summed E-state index contributed by atoms with van der Waals surface area (Å²) < 4.78 is 5.11. The van der Waals surface area contributed by atoms with E-state index in [2.05, 4.69) is 24.4 Å². The second-order valence-corrected chi connectivity index (χ2v) is 8.63. The van der Waals surface area contributed by atoms with Gasteiger partial charge in [-0.05, 0) is 42.5 Å². The number of hydrogen-bond acceptors (Lipinski definition) is 4. The van der Waals surface area contributed by atoms with Crippen molar-refractivity contribution in [3.05, 3.63) is 65.2 Å². The molecule has 2 fully saturated rings. The largest absolute Gasteiger partial charge is 0.465 e. The molecule has 1 aromatic carbocycles. The standard InChI is InChI=1S/C16H18N2O2.C8H17N.C3H6.C2H6.H2O/c1-2-12-5-7-13(8-6-12)11-18-16(19)15(17)10-14-4-3-9-20-14;9-8-6-4-2-1-3-5-7-8;1-2-3-1;1-2;/h3-10H,2,11,17H2,1H3,(H,18,19);8H,1-7,9H2;1-3H2;1-2H3;1H2/b15-10-;;;;. The highest BCUT2D eigenvalue weighted by atomic mass is 16.3. The van der Waals surface area contributed by atoms with E-state index in [1.807, 2.05) is 26.0 Å². The third kappa shape index (κ3) is 16.7. The third-order valence-corrected chi connectivity index (χ3v) is 5.49. The van der Waals surface area contributed by atoms with Gasteiger partial charge in [-0.3, -0.25) is 4.79 Å². The molecule has 2 aromatic rings. The average molecular weight is 488 g/mol. The van der Waals surface area contributed by atoms with Gasteiger partial charge in [0.05, 0.1) is 6.26 Å². The maximum atomic E-state index is 11.8. The first-order chi connectivity index (χ1) is 16.6. The Morgan fingerprint density at radius 1 is 0.943 bits per heavy atom. The number of amides is 1. The van der Waals surface area contributed by atoms with E-state index in [4.69, 9.17) is 15.9 Å². The normalized spacial score (nSPS) is 15.1. The van der Waals surface area contributed by atoms with Crippen LogP contribution >= 0.6 is 0 Å². The molecule has 2 aliphatic rings. The van der Waals surface area contributed by atoms with Crippen molar-refractivity contribution in [2.75, 3.05) is 0 Å². The predicted molar refractivity (Wildman–Crippen MR) is 148 cm³/mol. The van der Waals surface area contributed by atoms with Crippen molar-refractivity contribution in [3.8, 4) is 0 Å². The molecule has 1 heterocycles. The van der Waals surface area contributed by atoms with E-state index in [-0.39, 0.29) is 17.1 Å². The van der Waals surface area contributed by atoms with E-state index in [0.29, 0.717) is 18.3 Å². The maximum absolute atomic E-state index is 11.8. The van der Waals surface area contributed by atoms with Gasteiger partial charge in [-0.15, -0.1) is 0 Å². The van der Waals surface area contributed by atoms with Gasteiger partial charge in [0.25, 0.3) is 5.91 Å². The van der Waals surface area contributed by atoms with Crippen LogP contribution in [0.5, 0.6) is 0 Å². The van der Waals surface area contributed by atoms with Crippen molar-refractivity contribution >= 4 is 12.0 Å². The van der Waals surface area contributed by atoms with Crippen LogP contribution in [-0.4, -0.2) is 17.4 Å². The van der Waals surface area contributed by atoms with Gasteiger partial charge < -0.3 is 26.7 Å². The first-order valence-corrected chi connectivity index (χ1v) is 13.2. The highest BCUT2D eigenvalue weighted by molar-refractivity contribution is 5.96. The Morgan fingerprint density at radius 3 is 1.94 bits per heavy atom. The average Bonchev–Trinajstić information content (AvgIpc) is 3.66. The maximum Gasteiger partial charge on any atom is 0.267 e. The molecule has 0 spiro atoms. The molecule has 1 amide bonds. The molecule has 2 saturated carbocycles. The summed E-state index contributed by atoms with van der Waals surface area (Å²) in [6.07, 6.45) is 18.1. The van der Waals surface area contributed by atoms with Crippen molar-refractivity contribution in [3.63, 3.8) is 0 Å². The molecule has 0 aliphatic heterocycles. The Kier molecular flexibility index (Phi) is 19.2. The third-order valence-electron chi connectivity index (χ3n) is 5.49. The Hall–Kier alpha value is -2.57. The van der Waals surface area contributed by atoms with Crippen LogP contribution in [0, 0.1) is 0 Å². The summed E-state index contributed by atoms with van der Waals surface area (Å²) >= 11 is 0. The molecular formula is C29H49N3O3. The molecule has 35 heavy (non-hydrogen) atoms. The van der Waals surface area contributed by atoms with E-state index in [1.54, 1.807) is 12.1 Å². The second kappa shape index (κ2) is 20.8. The molecule has 1 aromatic heterocycles. The van der Waals surface area contributed by atoms with Gasteiger partial charge in [0.2, 0.25) is 0 Å². The van der Waals surface area contributed by atoms with E-state index in [9.17, 15) is 4.79 Å². The lowest BCUT2D eigenvalue weighted by Crippen LogP contribution is -2.27. The van der Waals surface area contributed by atoms with Gasteiger partial charge in [-0.1, -0.05) is 96.4 Å². The number of hydrogen-bond donors (Lipinski definition) is 3. The smallest absolute Gasteiger partial charge is 0.267 e. The lowest BCUT2D eigenvalue weighted by Gasteiger charge is -2.13. The number of rotatable bonds is 5. The Bertz CT molecular complexity index is 773. The van der Waals surface area contributed by atoms with E-state index < -0.39 is 0 Å². The SMILES string of the molecule is C1CC1.CC.CCc1ccc(CNC(=O)/C(N)=C/c2ccco2)cc1.NC1CCCCCCC1.O. The molecule has 4 rings (SSSR count). The van der Waals surface area contributed by atoms with Crippen LogP contribution in [0.4, 0.5) is 0 Å². The molecule has 0 saturated heterocycles. The number of carbonyl (C=O) groups excluding carboxylic acids is 1. The molecule has 0 unspecified atom stereocenters. The van der Waals surface area contributed by atoms with Crippen LogP contribution in [-0.2, 0) is 17.8 Å². The minimum absolute atomic E-state index is 0. The molecule has 0 atom stereocenters. The number of nitrogens with two attached hydrogens (primary N) is 2. The highest BCUT2D eigenvalue weighted by Crippen LogP contribution is 2.15. The van der Waals surface area contributed by atoms with Crippen molar-refractivity contribution in [1.29, 1.82) is 0 Å². The molecule has 6 nitrogen and oxygen atoms in total. The zero-order valence-electron chi connectivity index (χ0n) is 22.2. The van der Waals surface area contributed by atoms with Crippen LogP contribution in [0.2, 0.25) is 0 Å². The summed E-state index contributed by atoms with van der Waals surface area (Å²) in [6.45, 7) is 6.56. The van der Waals surface area contributed by atoms with Crippen LogP contribution in [0.1, 0.15) is 102 Å². The van der Waals surface area contributed by atoms with E-state index in [0.717, 1.165) is 12.0 Å². The van der Waals surface area contributed by atoms with Crippen LogP contribution in [0.3, 0.4) is 0 Å². The minimum atomic E-state index is -0.305. The fourth-order valence-corrected chi connectivity index (χ4v) is 3.26. The van der Waals surface area contributed by atoms with Crippen LogP contribution in [0.15, 0.2) is 52.8 Å². The molecule has 198 valence electrons. The zero-order chi connectivity index (χ0) is 25.0. The topological polar surface area (TPSA) is 126 Å². The van der Waals surface area contributed by atoms with Crippen molar-refractivity contribution < 1.29 is 14.7 Å². The highest BCUT2D eigenvalue weighted by Gasteiger charge is 2.06. The lowest BCUT2D eigenvalue weighted by molar-refractivity contribution is -0.117. The fraction of sp³-hybridized carbons (Fsp3) is 0.552. The Morgan fingerprint density at radius 2 is 1.46 bits per heavy atom. The van der Waals surface area contributed by atoms with Crippen molar-refractivity contribution in [1.82, 2.24) is 5.32 Å². The fourth-order valence-electron chi connectivity index (χ4n) is 3.26. The van der Waals surface area contributed by atoms with Gasteiger partial charge >= 0.3 is 0 Å². The van der Waals surface area contributed by atoms with Crippen molar-refractivity contribution in [2.24, 2.45) is 11.5 Å². The van der Waals surface area contributed by atoms with Gasteiger partial charge in [0.1, 0.15) is 11.5 Å². The Balaban J connectivity index is 0.000000636. The summed E-state index contributed by atoms with van der Waals surface area (Å²) in [5.74, 6) is 0.255. The quantitative estimate of drug-likeness (QED) is 0.455. The van der Waals surface area contributed by atoms with Crippen LogP contribution < -0.4 is 16.8 Å². The van der Waals surface area contributed by atoms with E-state index >= 15 is 0 Å². The summed E-state index contributed by atoms with van der Waals surface area (Å²) in [4.78, 5) is 11.8. The molecule has 2 aliphatic carbocycles. The number of furan rings is 1. The molecule has 7 N–H and O–H groups in total. The van der Waals surface area contributed by atoms with Gasteiger partial charge in [0.15, 0.2) is 0 Å². The molecule has 0 radical (unpaired) electrons. The summed E-state index contributed by atoms with van der Waals surface area (Å²) in [5.41, 5.74) is 14.0. The predicted octanol–water partition coefficient (Wildman–Crippen LogP) is 5.89. The van der Waals surface area contributed by atoms with Gasteiger partial charge in [-0.2, -0.15) is 0 Å².